The van der Waals surface area contributed by atoms with Gasteiger partial charge in [-0.05, 0) is 110 Å². The maximum absolute atomic E-state index is 13.3. The lowest BCUT2D eigenvalue weighted by molar-refractivity contribution is -0.489. The number of ketones is 1. The van der Waals surface area contributed by atoms with Crippen LogP contribution in [-0.2, 0) is 19.3 Å². The van der Waals surface area contributed by atoms with Crippen LogP contribution in [0.2, 0.25) is 0 Å². The van der Waals surface area contributed by atoms with E-state index in [9.17, 15) is 9.18 Å². The Labute approximate surface area is 214 Å². The molecule has 1 spiro atoms. The van der Waals surface area contributed by atoms with Gasteiger partial charge < -0.3 is 4.74 Å². The van der Waals surface area contributed by atoms with Crippen molar-refractivity contribution in [1.82, 2.24) is 0 Å². The summed E-state index contributed by atoms with van der Waals surface area (Å²) in [5.41, 5.74) is 2.08. The Bertz CT molecular complexity index is 1030. The van der Waals surface area contributed by atoms with Gasteiger partial charge in [0.25, 0.3) is 0 Å². The lowest BCUT2D eigenvalue weighted by Gasteiger charge is -2.62. The first-order valence-electron chi connectivity index (χ1n) is 14.1. The number of carbonyl (C=O) groups excluding carboxylic acids is 1. The monoisotopic (exact) mass is 496 g/mol. The van der Waals surface area contributed by atoms with Crippen LogP contribution in [0.15, 0.2) is 30.8 Å². The zero-order valence-corrected chi connectivity index (χ0v) is 22.1. The number of ether oxygens (including phenoxy) is 1. The molecule has 1 heterocycles. The van der Waals surface area contributed by atoms with Gasteiger partial charge in [-0.25, -0.2) is 14.2 Å². The van der Waals surface area contributed by atoms with Crippen LogP contribution in [0.5, 0.6) is 0 Å². The van der Waals surface area contributed by atoms with E-state index < -0.39 is 11.9 Å². The van der Waals surface area contributed by atoms with Crippen molar-refractivity contribution in [3.8, 4) is 0 Å². The highest BCUT2D eigenvalue weighted by Crippen LogP contribution is 2.68. The second kappa shape index (κ2) is 8.74. The normalized spacial score (nSPS) is 46.0. The van der Waals surface area contributed by atoms with Gasteiger partial charge in [-0.2, -0.15) is 0 Å². The summed E-state index contributed by atoms with van der Waals surface area (Å²) < 4.78 is 19.7. The minimum Gasteiger partial charge on any atom is -0.344 e. The molecule has 9 atom stereocenters. The van der Waals surface area contributed by atoms with Crippen LogP contribution in [0, 0.1) is 46.2 Å². The highest BCUT2D eigenvalue weighted by Gasteiger charge is 2.62. The van der Waals surface area contributed by atoms with Gasteiger partial charge in [-0.3, -0.25) is 4.79 Å². The van der Waals surface area contributed by atoms with Crippen molar-refractivity contribution in [2.75, 3.05) is 6.61 Å². The fraction of sp³-hybridized carbons (Fsp3) is 0.710. The summed E-state index contributed by atoms with van der Waals surface area (Å²) >= 11 is 0. The Hall–Kier alpha value is -1.56. The Balaban J connectivity index is 1.12. The van der Waals surface area contributed by atoms with Crippen molar-refractivity contribution in [1.29, 1.82) is 0 Å². The maximum atomic E-state index is 13.3. The number of hydrogen-bond acceptors (Lipinski definition) is 4. The van der Waals surface area contributed by atoms with E-state index in [1.807, 2.05) is 6.92 Å². The molecular weight excluding hydrogens is 455 g/mol. The third-order valence-corrected chi connectivity index (χ3v) is 11.6. The van der Waals surface area contributed by atoms with Gasteiger partial charge in [0, 0.05) is 18.8 Å². The first kappa shape index (κ1) is 24.8. The van der Waals surface area contributed by atoms with Gasteiger partial charge in [-0.1, -0.05) is 32.6 Å². The molecule has 0 aromatic heterocycles. The van der Waals surface area contributed by atoms with Crippen molar-refractivity contribution >= 4 is 11.4 Å². The summed E-state index contributed by atoms with van der Waals surface area (Å²) in [5, 5.41) is 0. The molecule has 1 aromatic rings. The number of carbonyl (C=O) groups is 1. The van der Waals surface area contributed by atoms with E-state index in [4.69, 9.17) is 14.5 Å². The molecule has 1 aliphatic heterocycles. The molecular formula is C31H41FO4. The third-order valence-electron chi connectivity index (χ3n) is 11.6. The number of hydrogen-bond donors (Lipinski definition) is 0. The molecule has 5 aliphatic rings. The van der Waals surface area contributed by atoms with Crippen LogP contribution in [-0.4, -0.2) is 24.3 Å². The van der Waals surface area contributed by atoms with Crippen LogP contribution < -0.4 is 0 Å². The SMILES string of the molecule is C=C(c1ccc(F)cc1)C1COC2(CC[C@@]3(C)[C@H](CC[C@@H]4[C@@H]3CC[C@]3(C)[C@@H](C(C)=O)CC[C@@H]43)C2)OO1. The number of rotatable bonds is 3. The molecule has 0 radical (unpaired) electrons. The predicted octanol–water partition coefficient (Wildman–Crippen LogP) is 7.13. The molecule has 5 fully saturated rings. The topological polar surface area (TPSA) is 44.8 Å². The summed E-state index contributed by atoms with van der Waals surface area (Å²) in [6.07, 6.45) is 9.64. The van der Waals surface area contributed by atoms with E-state index in [1.54, 1.807) is 12.1 Å². The molecule has 1 saturated heterocycles. The van der Waals surface area contributed by atoms with Crippen molar-refractivity contribution in [3.05, 3.63) is 42.2 Å². The molecule has 36 heavy (non-hydrogen) atoms. The summed E-state index contributed by atoms with van der Waals surface area (Å²) in [6, 6.07) is 6.30. The van der Waals surface area contributed by atoms with Crippen LogP contribution in [0.1, 0.15) is 84.1 Å². The number of benzene rings is 1. The van der Waals surface area contributed by atoms with Gasteiger partial charge in [-0.15, -0.1) is 0 Å². The number of Topliss-reactive ketones (excluding diaryl/α,β-unsaturated/α-hetero) is 1. The van der Waals surface area contributed by atoms with Gasteiger partial charge in [0.05, 0.1) is 6.61 Å². The lowest BCUT2D eigenvalue weighted by Crippen LogP contribution is -2.58. The van der Waals surface area contributed by atoms with Gasteiger partial charge in [0.1, 0.15) is 17.7 Å². The Morgan fingerprint density at radius 3 is 2.42 bits per heavy atom. The van der Waals surface area contributed by atoms with E-state index in [0.717, 1.165) is 48.7 Å². The number of fused-ring (bicyclic) bond motifs is 5. The van der Waals surface area contributed by atoms with Crippen molar-refractivity contribution in [2.45, 2.75) is 90.4 Å². The Kier molecular flexibility index (Phi) is 6.01. The Morgan fingerprint density at radius 2 is 1.72 bits per heavy atom. The minimum atomic E-state index is -0.674. The largest absolute Gasteiger partial charge is 0.344 e. The second-order valence-electron chi connectivity index (χ2n) is 13.1. The maximum Gasteiger partial charge on any atom is 0.202 e. The fourth-order valence-corrected chi connectivity index (χ4v) is 9.51. The first-order valence-corrected chi connectivity index (χ1v) is 14.1. The lowest BCUT2D eigenvalue weighted by atomic mass is 9.44. The molecule has 1 aromatic carbocycles. The summed E-state index contributed by atoms with van der Waals surface area (Å²) in [5.74, 6) is 2.46. The smallest absolute Gasteiger partial charge is 0.202 e. The van der Waals surface area contributed by atoms with Gasteiger partial charge >= 0.3 is 0 Å². The van der Waals surface area contributed by atoms with Crippen LogP contribution in [0.3, 0.4) is 0 Å². The average molecular weight is 497 g/mol. The average Bonchev–Trinajstić information content (AvgIpc) is 3.23. The molecule has 4 saturated carbocycles. The molecule has 0 amide bonds. The van der Waals surface area contributed by atoms with E-state index in [2.05, 4.69) is 20.4 Å². The standard InChI is InChI=1S/C31H41FO4/c1-19(21-5-8-23(32)9-6-21)28-18-34-31(36-35-28)16-15-29(3)22(17-31)7-10-24-26-12-11-25(20(2)33)30(26,4)14-13-27(24)29/h5-6,8-9,22,24-28H,1,7,10-18H2,2-4H3/t22-,24+,25-,26+,27+,28?,29+,30-,31?/m1/s1. The molecule has 196 valence electrons. The Morgan fingerprint density at radius 1 is 0.972 bits per heavy atom. The summed E-state index contributed by atoms with van der Waals surface area (Å²) in [7, 11) is 0. The zero-order chi connectivity index (χ0) is 25.3. The quantitative estimate of drug-likeness (QED) is 0.418. The molecule has 6 rings (SSSR count). The number of halogens is 1. The summed E-state index contributed by atoms with van der Waals surface area (Å²) in [6.45, 7) is 11.3. The first-order chi connectivity index (χ1) is 17.2. The van der Waals surface area contributed by atoms with Gasteiger partial charge in [0.2, 0.25) is 5.79 Å². The molecule has 4 aliphatic carbocycles. The van der Waals surface area contributed by atoms with Crippen molar-refractivity contribution in [2.24, 2.45) is 40.4 Å². The van der Waals surface area contributed by atoms with E-state index in [-0.39, 0.29) is 17.2 Å². The molecule has 4 nitrogen and oxygen atoms in total. The van der Waals surface area contributed by atoms with Crippen molar-refractivity contribution < 1.29 is 23.7 Å². The van der Waals surface area contributed by atoms with Crippen molar-refractivity contribution in [3.63, 3.8) is 0 Å². The van der Waals surface area contributed by atoms with Gasteiger partial charge in [0.15, 0.2) is 0 Å². The second-order valence-corrected chi connectivity index (χ2v) is 13.1. The van der Waals surface area contributed by atoms with Crippen LogP contribution >= 0.6 is 0 Å². The van der Waals surface area contributed by atoms with Crippen LogP contribution in [0.25, 0.3) is 5.57 Å². The highest BCUT2D eigenvalue weighted by molar-refractivity contribution is 5.79. The molecule has 0 N–H and O–H groups in total. The molecule has 5 heteroatoms. The molecule has 2 unspecified atom stereocenters. The van der Waals surface area contributed by atoms with Crippen LogP contribution in [0.4, 0.5) is 4.39 Å². The van der Waals surface area contributed by atoms with E-state index in [1.165, 1.54) is 44.2 Å². The zero-order valence-electron chi connectivity index (χ0n) is 22.1. The minimum absolute atomic E-state index is 0.206. The molecule has 0 bridgehead atoms. The fourth-order valence-electron chi connectivity index (χ4n) is 9.51. The highest BCUT2D eigenvalue weighted by atomic mass is 19.1. The summed E-state index contributed by atoms with van der Waals surface area (Å²) in [4.78, 5) is 24.4. The third kappa shape index (κ3) is 3.75. The van der Waals surface area contributed by atoms with E-state index >= 15 is 0 Å². The predicted molar refractivity (Wildman–Crippen MR) is 136 cm³/mol. The van der Waals surface area contributed by atoms with E-state index in [0.29, 0.717) is 29.6 Å².